The van der Waals surface area contributed by atoms with Crippen LogP contribution >= 0.6 is 34.0 Å². The summed E-state index contributed by atoms with van der Waals surface area (Å²) in [6.45, 7) is 2.06. The Kier molecular flexibility index (Phi) is 4.01. The number of rotatable bonds is 4. The lowest BCUT2D eigenvalue weighted by atomic mass is 10.3. The van der Waals surface area contributed by atoms with E-state index in [4.69, 9.17) is 4.42 Å². The fourth-order valence-corrected chi connectivity index (χ4v) is 4.48. The molecule has 0 saturated carbocycles. The second-order valence-corrected chi connectivity index (χ2v) is 8.00. The van der Waals surface area contributed by atoms with Crippen LogP contribution in [0.5, 0.6) is 0 Å². The Morgan fingerprint density at radius 1 is 1.21 bits per heavy atom. The van der Waals surface area contributed by atoms with E-state index < -0.39 is 0 Å². The maximum Gasteiger partial charge on any atom is 0.280 e. The number of aryl methyl sites for hydroxylation is 1. The zero-order valence-corrected chi connectivity index (χ0v) is 14.9. The second-order valence-electron chi connectivity index (χ2n) is 4.91. The lowest BCUT2D eigenvalue weighted by Gasteiger charge is -1.99. The minimum atomic E-state index is -0.324. The number of anilines is 1. The fraction of sp³-hybridized carbons (Fsp3) is 0.0625. The highest BCUT2D eigenvalue weighted by Crippen LogP contribution is 2.31. The number of nitrogens with one attached hydrogen (secondary N) is 1. The Morgan fingerprint density at radius 2 is 2.12 bits per heavy atom. The van der Waals surface area contributed by atoms with Gasteiger partial charge in [0, 0.05) is 10.3 Å². The van der Waals surface area contributed by atoms with Crippen molar-refractivity contribution in [3.8, 4) is 21.2 Å². The number of hydrogen-bond acceptors (Lipinski definition) is 7. The van der Waals surface area contributed by atoms with Gasteiger partial charge in [-0.3, -0.25) is 10.1 Å². The van der Waals surface area contributed by atoms with Crippen LogP contribution in [0.2, 0.25) is 0 Å². The molecule has 4 aromatic heterocycles. The summed E-state index contributed by atoms with van der Waals surface area (Å²) in [4.78, 5) is 24.2. The predicted molar refractivity (Wildman–Crippen MR) is 97.9 cm³/mol. The topological polar surface area (TPSA) is 68.0 Å². The normalized spacial score (nSPS) is 10.9. The number of oxazole rings is 1. The standard InChI is InChI=1S/C16H11N3O2S3/c1-9-4-5-11(24-9)10-7-23-16(18-10)19-15(20)13-14(21-8-17-13)12-3-2-6-22-12/h2-8H,1H3,(H,18,19,20). The van der Waals surface area contributed by atoms with Crippen LogP contribution in [-0.2, 0) is 0 Å². The van der Waals surface area contributed by atoms with E-state index in [1.54, 1.807) is 11.3 Å². The van der Waals surface area contributed by atoms with Crippen molar-refractivity contribution < 1.29 is 9.21 Å². The quantitative estimate of drug-likeness (QED) is 0.537. The van der Waals surface area contributed by atoms with Crippen LogP contribution in [-0.4, -0.2) is 15.9 Å². The van der Waals surface area contributed by atoms with E-state index in [-0.39, 0.29) is 11.6 Å². The Hall–Kier alpha value is -2.29. The van der Waals surface area contributed by atoms with Gasteiger partial charge in [-0.05, 0) is 30.5 Å². The van der Waals surface area contributed by atoms with Crippen molar-refractivity contribution in [1.82, 2.24) is 9.97 Å². The lowest BCUT2D eigenvalue weighted by molar-refractivity contribution is 0.102. The van der Waals surface area contributed by atoms with Gasteiger partial charge in [0.05, 0.1) is 15.4 Å². The molecule has 8 heteroatoms. The third kappa shape index (κ3) is 2.91. The van der Waals surface area contributed by atoms with Crippen LogP contribution in [0.15, 0.2) is 45.8 Å². The number of thiazole rings is 1. The van der Waals surface area contributed by atoms with Gasteiger partial charge in [-0.15, -0.1) is 34.0 Å². The molecule has 0 aliphatic rings. The summed E-state index contributed by atoms with van der Waals surface area (Å²) in [6.07, 6.45) is 1.28. The maximum absolute atomic E-state index is 12.5. The largest absolute Gasteiger partial charge is 0.442 e. The molecule has 4 heterocycles. The van der Waals surface area contributed by atoms with E-state index in [0.717, 1.165) is 15.4 Å². The van der Waals surface area contributed by atoms with Crippen molar-refractivity contribution in [1.29, 1.82) is 0 Å². The van der Waals surface area contributed by atoms with E-state index >= 15 is 0 Å². The molecule has 1 N–H and O–H groups in total. The molecule has 0 aliphatic carbocycles. The first kappa shape index (κ1) is 15.3. The Labute approximate surface area is 149 Å². The first-order valence-corrected chi connectivity index (χ1v) is 9.59. The van der Waals surface area contributed by atoms with Crippen molar-refractivity contribution >= 4 is 45.0 Å². The number of amides is 1. The highest BCUT2D eigenvalue weighted by Gasteiger charge is 2.20. The summed E-state index contributed by atoms with van der Waals surface area (Å²) in [6, 6.07) is 7.89. The molecule has 0 aromatic carbocycles. The number of nitrogens with zero attached hydrogens (tertiary/aromatic N) is 2. The van der Waals surface area contributed by atoms with Gasteiger partial charge in [0.2, 0.25) is 0 Å². The Balaban J connectivity index is 1.55. The Bertz CT molecular complexity index is 982. The number of aromatic nitrogens is 2. The zero-order valence-electron chi connectivity index (χ0n) is 12.5. The van der Waals surface area contributed by atoms with Gasteiger partial charge in [0.1, 0.15) is 0 Å². The first-order valence-electron chi connectivity index (χ1n) is 7.02. The highest BCUT2D eigenvalue weighted by molar-refractivity contribution is 7.17. The third-order valence-corrected chi connectivity index (χ3v) is 5.89. The van der Waals surface area contributed by atoms with E-state index in [1.807, 2.05) is 29.0 Å². The molecular weight excluding hydrogens is 362 g/mol. The molecule has 24 heavy (non-hydrogen) atoms. The minimum Gasteiger partial charge on any atom is -0.442 e. The predicted octanol–water partition coefficient (Wildman–Crippen LogP) is 5.15. The van der Waals surface area contributed by atoms with Gasteiger partial charge in [0.25, 0.3) is 5.91 Å². The van der Waals surface area contributed by atoms with Crippen LogP contribution in [0.3, 0.4) is 0 Å². The van der Waals surface area contributed by atoms with E-state index in [9.17, 15) is 4.79 Å². The number of carbonyl (C=O) groups excluding carboxylic acids is 1. The molecule has 0 unspecified atom stereocenters. The molecule has 0 atom stereocenters. The average molecular weight is 373 g/mol. The van der Waals surface area contributed by atoms with E-state index in [2.05, 4.69) is 28.3 Å². The van der Waals surface area contributed by atoms with Crippen LogP contribution in [0, 0.1) is 6.92 Å². The zero-order chi connectivity index (χ0) is 16.5. The van der Waals surface area contributed by atoms with Crippen LogP contribution in [0.1, 0.15) is 15.4 Å². The molecule has 5 nitrogen and oxygen atoms in total. The van der Waals surface area contributed by atoms with E-state index in [0.29, 0.717) is 10.9 Å². The van der Waals surface area contributed by atoms with E-state index in [1.165, 1.54) is 33.9 Å². The third-order valence-electron chi connectivity index (χ3n) is 3.24. The van der Waals surface area contributed by atoms with Crippen molar-refractivity contribution in [2.75, 3.05) is 5.32 Å². The van der Waals surface area contributed by atoms with Crippen molar-refractivity contribution in [2.24, 2.45) is 0 Å². The number of carbonyl (C=O) groups is 1. The van der Waals surface area contributed by atoms with Gasteiger partial charge < -0.3 is 4.42 Å². The van der Waals surface area contributed by atoms with Crippen molar-refractivity contribution in [3.05, 3.63) is 52.0 Å². The summed E-state index contributed by atoms with van der Waals surface area (Å²) < 4.78 is 5.37. The van der Waals surface area contributed by atoms with Crippen molar-refractivity contribution in [3.63, 3.8) is 0 Å². The van der Waals surface area contributed by atoms with Crippen LogP contribution in [0.25, 0.3) is 21.2 Å². The lowest BCUT2D eigenvalue weighted by Crippen LogP contribution is -2.13. The van der Waals surface area contributed by atoms with Crippen LogP contribution in [0.4, 0.5) is 5.13 Å². The molecule has 0 bridgehead atoms. The van der Waals surface area contributed by atoms with Gasteiger partial charge in [-0.1, -0.05) is 6.07 Å². The average Bonchev–Trinajstić information content (AvgIpc) is 3.34. The summed E-state index contributed by atoms with van der Waals surface area (Å²) >= 11 is 4.56. The highest BCUT2D eigenvalue weighted by atomic mass is 32.1. The van der Waals surface area contributed by atoms with Gasteiger partial charge in [-0.2, -0.15) is 0 Å². The summed E-state index contributed by atoms with van der Waals surface area (Å²) in [5.41, 5.74) is 1.13. The fourth-order valence-electron chi connectivity index (χ4n) is 2.16. The maximum atomic E-state index is 12.5. The number of hydrogen-bond donors (Lipinski definition) is 1. The minimum absolute atomic E-state index is 0.265. The van der Waals surface area contributed by atoms with Crippen LogP contribution < -0.4 is 5.32 Å². The van der Waals surface area contributed by atoms with Gasteiger partial charge in [-0.25, -0.2) is 9.97 Å². The molecule has 4 rings (SSSR count). The monoisotopic (exact) mass is 373 g/mol. The molecule has 0 spiro atoms. The Morgan fingerprint density at radius 3 is 2.88 bits per heavy atom. The van der Waals surface area contributed by atoms with Gasteiger partial charge in [0.15, 0.2) is 23.0 Å². The molecule has 0 aliphatic heterocycles. The number of thiophene rings is 2. The SMILES string of the molecule is Cc1ccc(-c2csc(NC(=O)c3ncoc3-c3cccs3)n2)s1. The molecular formula is C16H11N3O2S3. The van der Waals surface area contributed by atoms with Gasteiger partial charge >= 0.3 is 0 Å². The smallest absolute Gasteiger partial charge is 0.280 e. The molecule has 0 fully saturated rings. The summed E-state index contributed by atoms with van der Waals surface area (Å²) in [5.74, 6) is 0.156. The summed E-state index contributed by atoms with van der Waals surface area (Å²) in [5, 5.41) is 7.20. The molecule has 120 valence electrons. The van der Waals surface area contributed by atoms with Crippen molar-refractivity contribution in [2.45, 2.75) is 6.92 Å². The molecule has 0 radical (unpaired) electrons. The second kappa shape index (κ2) is 6.31. The molecule has 0 saturated heterocycles. The molecule has 4 aromatic rings. The summed E-state index contributed by atoms with van der Waals surface area (Å²) in [7, 11) is 0. The molecule has 1 amide bonds. The first-order chi connectivity index (χ1) is 11.7.